The number of ketones is 1. The molecule has 6 heteroatoms. The van der Waals surface area contributed by atoms with Crippen LogP contribution >= 0.6 is 11.3 Å². The molecule has 1 aromatic carbocycles. The third-order valence-corrected chi connectivity index (χ3v) is 6.64. The van der Waals surface area contributed by atoms with Gasteiger partial charge in [0.2, 0.25) is 0 Å². The largest absolute Gasteiger partial charge is 0.507 e. The van der Waals surface area contributed by atoms with Gasteiger partial charge in [-0.1, -0.05) is 46.6 Å². The Bertz CT molecular complexity index is 1000. The van der Waals surface area contributed by atoms with E-state index in [2.05, 4.69) is 27.7 Å². The molecule has 32 heavy (non-hydrogen) atoms. The first-order valence-corrected chi connectivity index (χ1v) is 12.2. The van der Waals surface area contributed by atoms with Crippen LogP contribution in [-0.4, -0.2) is 34.8 Å². The Morgan fingerprint density at radius 2 is 1.91 bits per heavy atom. The Hall–Kier alpha value is -2.60. The molecule has 1 aliphatic heterocycles. The number of ether oxygens (including phenoxy) is 1. The van der Waals surface area contributed by atoms with Crippen LogP contribution in [0.4, 0.5) is 0 Å². The van der Waals surface area contributed by atoms with Gasteiger partial charge in [-0.3, -0.25) is 9.59 Å². The van der Waals surface area contributed by atoms with Crippen molar-refractivity contribution in [3.63, 3.8) is 0 Å². The Morgan fingerprint density at radius 1 is 1.16 bits per heavy atom. The van der Waals surface area contributed by atoms with E-state index in [4.69, 9.17) is 4.74 Å². The molecule has 5 nitrogen and oxygen atoms in total. The molecular weight excluding hydrogens is 422 g/mol. The summed E-state index contributed by atoms with van der Waals surface area (Å²) in [5.41, 5.74) is 1.40. The molecule has 1 amide bonds. The molecular formula is C26H33NO4S. The molecule has 3 rings (SSSR count). The first-order valence-electron chi connectivity index (χ1n) is 11.3. The van der Waals surface area contributed by atoms with Gasteiger partial charge >= 0.3 is 0 Å². The number of amides is 1. The topological polar surface area (TPSA) is 66.8 Å². The van der Waals surface area contributed by atoms with E-state index >= 15 is 0 Å². The van der Waals surface area contributed by atoms with Crippen LogP contribution in [0.2, 0.25) is 0 Å². The Balaban J connectivity index is 2.13. The number of thiophene rings is 1. The number of rotatable bonds is 8. The molecule has 1 aromatic heterocycles. The molecule has 0 spiro atoms. The lowest BCUT2D eigenvalue weighted by Crippen LogP contribution is -2.30. The van der Waals surface area contributed by atoms with Crippen molar-refractivity contribution >= 4 is 28.8 Å². The second kappa shape index (κ2) is 9.90. The summed E-state index contributed by atoms with van der Waals surface area (Å²) in [6.07, 6.45) is 2.83. The summed E-state index contributed by atoms with van der Waals surface area (Å²) < 4.78 is 5.79. The van der Waals surface area contributed by atoms with Crippen LogP contribution < -0.4 is 4.74 Å². The van der Waals surface area contributed by atoms with Gasteiger partial charge in [-0.2, -0.15) is 0 Å². The standard InChI is InChI=1S/C26H33NO4S/c1-6-8-9-14-27-22(20-11-10-15-32-20)21(24(29)25(27)30)23(28)17-12-13-19(31-7-2)18(16-17)26(3,4)5/h10-13,15-16,22,28H,6-9,14H2,1-5H3/b23-21-. The van der Waals surface area contributed by atoms with Gasteiger partial charge in [0.15, 0.2) is 0 Å². The van der Waals surface area contributed by atoms with Crippen molar-refractivity contribution < 1.29 is 19.4 Å². The molecule has 1 fully saturated rings. The summed E-state index contributed by atoms with van der Waals surface area (Å²) in [5, 5.41) is 13.2. The number of nitrogens with zero attached hydrogens (tertiary/aromatic N) is 1. The maximum Gasteiger partial charge on any atom is 0.295 e. The van der Waals surface area contributed by atoms with Crippen LogP contribution in [0.1, 0.15) is 75.9 Å². The van der Waals surface area contributed by atoms with Gasteiger partial charge in [-0.15, -0.1) is 11.3 Å². The van der Waals surface area contributed by atoms with Gasteiger partial charge in [-0.25, -0.2) is 0 Å². The molecule has 0 saturated carbocycles. The van der Waals surface area contributed by atoms with Crippen molar-refractivity contribution in [2.24, 2.45) is 0 Å². The highest BCUT2D eigenvalue weighted by atomic mass is 32.1. The lowest BCUT2D eigenvalue weighted by Gasteiger charge is -2.25. The van der Waals surface area contributed by atoms with E-state index in [0.29, 0.717) is 18.7 Å². The van der Waals surface area contributed by atoms with Crippen LogP contribution in [0.5, 0.6) is 5.75 Å². The minimum absolute atomic E-state index is 0.131. The lowest BCUT2D eigenvalue weighted by atomic mass is 9.84. The van der Waals surface area contributed by atoms with Crippen molar-refractivity contribution in [1.29, 1.82) is 0 Å². The smallest absolute Gasteiger partial charge is 0.295 e. The van der Waals surface area contributed by atoms with Gasteiger partial charge in [-0.05, 0) is 48.4 Å². The SMILES string of the molecule is CCCCCN1C(=O)C(=O)/C(=C(\O)c2ccc(OCC)c(C(C)(C)C)c2)C1c1cccs1. The van der Waals surface area contributed by atoms with Crippen LogP contribution in [-0.2, 0) is 15.0 Å². The Kier molecular flexibility index (Phi) is 7.44. The van der Waals surface area contributed by atoms with Crippen molar-refractivity contribution in [1.82, 2.24) is 4.90 Å². The summed E-state index contributed by atoms with van der Waals surface area (Å²) in [6.45, 7) is 11.3. The first-order chi connectivity index (χ1) is 15.2. The molecule has 1 unspecified atom stereocenters. The van der Waals surface area contributed by atoms with Crippen LogP contribution in [0.15, 0.2) is 41.3 Å². The van der Waals surface area contributed by atoms with Crippen molar-refractivity contribution in [3.8, 4) is 5.75 Å². The van der Waals surface area contributed by atoms with Gasteiger partial charge in [0.25, 0.3) is 11.7 Å². The predicted molar refractivity (Wildman–Crippen MR) is 129 cm³/mol. The Morgan fingerprint density at radius 3 is 2.50 bits per heavy atom. The summed E-state index contributed by atoms with van der Waals surface area (Å²) in [4.78, 5) is 28.5. The fraction of sp³-hybridized carbons (Fsp3) is 0.462. The minimum Gasteiger partial charge on any atom is -0.507 e. The minimum atomic E-state index is -0.622. The highest BCUT2D eigenvalue weighted by Crippen LogP contribution is 2.42. The van der Waals surface area contributed by atoms with E-state index in [1.165, 1.54) is 11.3 Å². The second-order valence-electron chi connectivity index (χ2n) is 9.11. The summed E-state index contributed by atoms with van der Waals surface area (Å²) in [6, 6.07) is 8.72. The fourth-order valence-electron chi connectivity index (χ4n) is 4.09. The first kappa shape index (κ1) is 24.1. The lowest BCUT2D eigenvalue weighted by molar-refractivity contribution is -0.139. The number of hydrogen-bond donors (Lipinski definition) is 1. The molecule has 1 atom stereocenters. The average molecular weight is 456 g/mol. The number of Topliss-reactive ketones (excluding diaryl/α,β-unsaturated/α-hetero) is 1. The van der Waals surface area contributed by atoms with E-state index in [-0.39, 0.29) is 16.7 Å². The quantitative estimate of drug-likeness (QED) is 0.227. The number of carbonyl (C=O) groups is 2. The van der Waals surface area contributed by atoms with Crippen LogP contribution in [0, 0.1) is 0 Å². The van der Waals surface area contributed by atoms with E-state index in [0.717, 1.165) is 35.5 Å². The van der Waals surface area contributed by atoms with Crippen molar-refractivity contribution in [2.75, 3.05) is 13.2 Å². The van der Waals surface area contributed by atoms with Gasteiger partial charge in [0.1, 0.15) is 11.5 Å². The second-order valence-corrected chi connectivity index (χ2v) is 10.1. The van der Waals surface area contributed by atoms with Crippen molar-refractivity contribution in [3.05, 3.63) is 57.3 Å². The highest BCUT2D eigenvalue weighted by molar-refractivity contribution is 7.10. The zero-order valence-corrected chi connectivity index (χ0v) is 20.4. The van der Waals surface area contributed by atoms with E-state index < -0.39 is 17.7 Å². The monoisotopic (exact) mass is 455 g/mol. The third-order valence-electron chi connectivity index (χ3n) is 5.72. The Labute approximate surface area is 194 Å². The van der Waals surface area contributed by atoms with E-state index in [9.17, 15) is 14.7 Å². The van der Waals surface area contributed by atoms with Gasteiger partial charge in [0.05, 0.1) is 18.2 Å². The molecule has 0 aliphatic carbocycles. The zero-order valence-electron chi connectivity index (χ0n) is 19.6. The highest BCUT2D eigenvalue weighted by Gasteiger charge is 2.46. The molecule has 0 radical (unpaired) electrons. The molecule has 1 N–H and O–H groups in total. The summed E-state index contributed by atoms with van der Waals surface area (Å²) in [5.74, 6) is -0.536. The number of likely N-dealkylation sites (tertiary alicyclic amines) is 1. The summed E-state index contributed by atoms with van der Waals surface area (Å²) >= 11 is 1.49. The molecule has 172 valence electrons. The molecule has 0 bridgehead atoms. The normalized spacial score (nSPS) is 18.4. The van der Waals surface area contributed by atoms with Gasteiger partial charge < -0.3 is 14.7 Å². The molecule has 2 aromatic rings. The number of benzene rings is 1. The average Bonchev–Trinajstić information content (AvgIpc) is 3.35. The molecule has 1 saturated heterocycles. The number of hydrogen-bond acceptors (Lipinski definition) is 5. The molecule has 2 heterocycles. The maximum absolute atomic E-state index is 13.1. The number of aliphatic hydroxyl groups is 1. The fourth-order valence-corrected chi connectivity index (χ4v) is 4.93. The number of carbonyl (C=O) groups excluding carboxylic acids is 2. The molecule has 1 aliphatic rings. The van der Waals surface area contributed by atoms with Crippen molar-refractivity contribution in [2.45, 2.75) is 65.3 Å². The third kappa shape index (κ3) is 4.75. The number of aliphatic hydroxyl groups excluding tert-OH is 1. The summed E-state index contributed by atoms with van der Waals surface area (Å²) in [7, 11) is 0. The van der Waals surface area contributed by atoms with E-state index in [1.807, 2.05) is 36.6 Å². The predicted octanol–water partition coefficient (Wildman–Crippen LogP) is 6.06. The van der Waals surface area contributed by atoms with Crippen LogP contribution in [0.25, 0.3) is 5.76 Å². The van der Waals surface area contributed by atoms with Gasteiger partial charge in [0, 0.05) is 22.5 Å². The zero-order chi connectivity index (χ0) is 23.5. The maximum atomic E-state index is 13.1. The number of unbranched alkanes of at least 4 members (excludes halogenated alkanes) is 2. The van der Waals surface area contributed by atoms with Crippen LogP contribution in [0.3, 0.4) is 0 Å². The van der Waals surface area contributed by atoms with E-state index in [1.54, 1.807) is 11.0 Å².